The first-order valence-electron chi connectivity index (χ1n) is 15.4. The molecule has 1 heterocycles. The number of unbranched alkanes of at least 4 members (excludes halogenated alkanes) is 1. The smallest absolute Gasteiger partial charge is 0.468 e. The van der Waals surface area contributed by atoms with Crippen LogP contribution in [0.3, 0.4) is 0 Å². The zero-order valence-corrected chi connectivity index (χ0v) is 35.4. The van der Waals surface area contributed by atoms with Crippen molar-refractivity contribution >= 4 is 37.4 Å². The molecular weight excluding hydrogens is 846 g/mol. The van der Waals surface area contributed by atoms with Crippen LogP contribution in [0, 0.1) is 33.6 Å². The van der Waals surface area contributed by atoms with Crippen LogP contribution in [0.15, 0.2) is 0 Å². The van der Waals surface area contributed by atoms with E-state index in [2.05, 4.69) is 11.7 Å². The summed E-state index contributed by atoms with van der Waals surface area (Å²) in [5.41, 5.74) is 0. The van der Waals surface area contributed by atoms with Gasteiger partial charge in [-0.05, 0) is 39.7 Å². The van der Waals surface area contributed by atoms with Crippen LogP contribution in [-0.2, 0) is 92.0 Å². The number of hydrogen-bond donors (Lipinski definition) is 0. The van der Waals surface area contributed by atoms with Crippen LogP contribution in [0.2, 0.25) is 6.32 Å². The molecule has 49 heavy (non-hydrogen) atoms. The first-order chi connectivity index (χ1) is 21.3. The summed E-state index contributed by atoms with van der Waals surface area (Å²) < 4.78 is 32.0. The van der Waals surface area contributed by atoms with Gasteiger partial charge in [0.15, 0.2) is 6.29 Å². The van der Waals surface area contributed by atoms with E-state index in [1.54, 1.807) is 0 Å². The van der Waals surface area contributed by atoms with Crippen molar-refractivity contribution in [2.75, 3.05) is 67.3 Å². The Hall–Kier alpha value is -1.27. The topological polar surface area (TPSA) is 147 Å². The van der Waals surface area contributed by atoms with Crippen molar-refractivity contribution in [3.05, 3.63) is 21.8 Å². The van der Waals surface area contributed by atoms with Gasteiger partial charge in [0, 0.05) is 85.9 Å². The van der Waals surface area contributed by atoms with Gasteiger partial charge in [-0.3, -0.25) is 24.0 Å². The molecule has 16 heteroatoms. The maximum atomic E-state index is 11.8. The molecular formula is C33H60BN2O11VW-. The van der Waals surface area contributed by atoms with Gasteiger partial charge in [-0.2, -0.15) is 0 Å². The van der Waals surface area contributed by atoms with Gasteiger partial charge < -0.3 is 60.0 Å². The predicted octanol–water partition coefficient (Wildman–Crippen LogP) is 2.90. The molecule has 283 valence electrons. The number of carbonyl (C=O) groups excluding carboxylic acids is 5. The standard InChI is InChI=1S/C22H37O8.C9H17BN2O3.2CH3.V.W/c1-6-26-12-9-11-19(25)10-7-8-13-27-22-16(3)15(2)21(29-18(5)24)20(30-22)14-28-17(4)23;1-11(2)4-5-12(8(13)6-10)7-9(14)15-3;;;;/h15-16,20-22H,1,6-14H2,2-5H3;4-7H2,1-3H3;2*1H3;;/q-1;;2*-1;+2;. The molecule has 1 fully saturated rings. The summed E-state index contributed by atoms with van der Waals surface area (Å²) in [4.78, 5) is 60.2. The molecule has 1 amide bonds. The van der Waals surface area contributed by atoms with E-state index in [0.717, 1.165) is 19.3 Å². The van der Waals surface area contributed by atoms with Crippen LogP contribution < -0.4 is 0 Å². The molecule has 0 bridgehead atoms. The molecule has 0 spiro atoms. The average molecular weight is 906 g/mol. The van der Waals surface area contributed by atoms with E-state index in [4.69, 9.17) is 31.5 Å². The molecule has 0 aromatic carbocycles. The van der Waals surface area contributed by atoms with E-state index in [1.807, 2.05) is 32.8 Å². The van der Waals surface area contributed by atoms with Crippen molar-refractivity contribution in [3.63, 3.8) is 0 Å². The number of ether oxygens (including phenoxy) is 6. The fourth-order valence-electron chi connectivity index (χ4n) is 4.34. The van der Waals surface area contributed by atoms with Crippen LogP contribution in [0.4, 0.5) is 0 Å². The molecule has 0 aliphatic carbocycles. The fraction of sp³-hybridized carbons (Fsp3) is 0.758. The van der Waals surface area contributed by atoms with E-state index < -0.39 is 36.4 Å². The van der Waals surface area contributed by atoms with Crippen molar-refractivity contribution in [1.82, 2.24) is 9.80 Å². The van der Waals surface area contributed by atoms with E-state index in [-0.39, 0.29) is 97.5 Å². The number of amides is 1. The zero-order chi connectivity index (χ0) is 34.4. The third kappa shape index (κ3) is 27.1. The van der Waals surface area contributed by atoms with Gasteiger partial charge in [-0.25, -0.2) is 0 Å². The molecule has 0 N–H and O–H groups in total. The zero-order valence-electron chi connectivity index (χ0n) is 31.1. The number of ketones is 1. The van der Waals surface area contributed by atoms with Gasteiger partial charge in [0.25, 0.3) is 0 Å². The second kappa shape index (κ2) is 33.8. The molecule has 1 aliphatic rings. The maximum absolute atomic E-state index is 11.8. The third-order valence-corrected chi connectivity index (χ3v) is 7.12. The van der Waals surface area contributed by atoms with Crippen LogP contribution in [-0.4, -0.2) is 133 Å². The summed E-state index contributed by atoms with van der Waals surface area (Å²) in [5, 5.41) is 0. The summed E-state index contributed by atoms with van der Waals surface area (Å²) in [5.74, 6) is -1.33. The molecule has 0 aromatic rings. The molecule has 0 aromatic heterocycles. The van der Waals surface area contributed by atoms with Crippen LogP contribution >= 0.6 is 0 Å². The maximum Gasteiger partial charge on any atom is 2.00 e. The number of likely N-dealkylation sites (N-methyl/N-ethyl adjacent to an activating group) is 1. The Morgan fingerprint density at radius 3 is 2.02 bits per heavy atom. The van der Waals surface area contributed by atoms with Crippen LogP contribution in [0.1, 0.15) is 59.8 Å². The third-order valence-electron chi connectivity index (χ3n) is 7.12. The first kappa shape index (κ1) is 57.1. The fourth-order valence-corrected chi connectivity index (χ4v) is 4.34. The van der Waals surface area contributed by atoms with Gasteiger partial charge >= 0.3 is 36.5 Å². The largest absolute Gasteiger partial charge is 2.00 e. The quantitative estimate of drug-likeness (QED) is 0.0583. The summed E-state index contributed by atoms with van der Waals surface area (Å²) in [7, 11) is 10.3. The minimum Gasteiger partial charge on any atom is -0.468 e. The van der Waals surface area contributed by atoms with Crippen molar-refractivity contribution in [2.24, 2.45) is 11.8 Å². The molecule has 1 saturated heterocycles. The van der Waals surface area contributed by atoms with E-state index >= 15 is 0 Å². The summed E-state index contributed by atoms with van der Waals surface area (Å²) in [6.07, 6.45) is 1.57. The van der Waals surface area contributed by atoms with E-state index in [9.17, 15) is 24.0 Å². The van der Waals surface area contributed by atoms with E-state index in [1.165, 1.54) is 25.9 Å². The number of Topliss-reactive ketones (excluding diaryl/α,β-unsaturated/α-hetero) is 1. The number of esters is 3. The first-order valence-corrected chi connectivity index (χ1v) is 15.4. The van der Waals surface area contributed by atoms with Crippen molar-refractivity contribution in [3.8, 4) is 0 Å². The Morgan fingerprint density at radius 2 is 1.51 bits per heavy atom. The second-order valence-corrected chi connectivity index (χ2v) is 11.1. The molecule has 5 unspecified atom stereocenters. The second-order valence-electron chi connectivity index (χ2n) is 11.1. The minimum absolute atomic E-state index is 0. The molecule has 0 saturated carbocycles. The summed E-state index contributed by atoms with van der Waals surface area (Å²) in [6.45, 7) is 12.8. The Labute approximate surface area is 323 Å². The predicted molar refractivity (Wildman–Crippen MR) is 180 cm³/mol. The molecule has 1 aliphatic heterocycles. The number of nitrogens with zero attached hydrogens (tertiary/aromatic N) is 2. The van der Waals surface area contributed by atoms with Crippen molar-refractivity contribution in [2.45, 2.75) is 84.6 Å². The van der Waals surface area contributed by atoms with Gasteiger partial charge in [0.1, 0.15) is 31.1 Å². The molecule has 5 atom stereocenters. The molecule has 3 radical (unpaired) electrons. The normalized spacial score (nSPS) is 19.2. The number of hydrogen-bond acceptors (Lipinski definition) is 12. The van der Waals surface area contributed by atoms with Crippen molar-refractivity contribution in [1.29, 1.82) is 0 Å². The summed E-state index contributed by atoms with van der Waals surface area (Å²) >= 11 is 0. The Kier molecular flexibility index (Phi) is 39.4. The van der Waals surface area contributed by atoms with Crippen LogP contribution in [0.5, 0.6) is 0 Å². The summed E-state index contributed by atoms with van der Waals surface area (Å²) in [6, 6.07) is 0. The number of carbonyl (C=O) groups is 5. The monoisotopic (exact) mass is 906 g/mol. The van der Waals surface area contributed by atoms with Gasteiger partial charge in [-0.1, -0.05) is 20.5 Å². The minimum atomic E-state index is -0.587. The average Bonchev–Trinajstić information content (AvgIpc) is 2.99. The Balaban J connectivity index is -0.000000292. The SMILES string of the molecule is [B]CC(=O)N(CCN(C)C)CC(=O)OC.[CH2-]COCCCC(=O)CCCCOC1OC(COC(C)=O)C(OC(C)=O)C(C)C1C.[CH3-].[CH3-].[V+2].[W]. The van der Waals surface area contributed by atoms with Gasteiger partial charge in [0.05, 0.1) is 15.0 Å². The Morgan fingerprint density at radius 1 is 0.898 bits per heavy atom. The van der Waals surface area contributed by atoms with Gasteiger partial charge in [-0.15, -0.1) is 0 Å². The van der Waals surface area contributed by atoms with Crippen molar-refractivity contribution < 1.29 is 92.0 Å². The van der Waals surface area contributed by atoms with Gasteiger partial charge in [0.2, 0.25) is 5.91 Å². The Bertz CT molecular complexity index is 905. The van der Waals surface area contributed by atoms with Crippen LogP contribution in [0.25, 0.3) is 0 Å². The number of rotatable bonds is 20. The molecule has 1 rings (SSSR count). The number of methoxy groups -OCH3 is 1. The molecule has 13 nitrogen and oxygen atoms in total. The van der Waals surface area contributed by atoms with E-state index in [0.29, 0.717) is 45.8 Å².